The van der Waals surface area contributed by atoms with Crippen LogP contribution in [0.2, 0.25) is 5.02 Å². The Bertz CT molecular complexity index is 1350. The van der Waals surface area contributed by atoms with Gasteiger partial charge in [0.25, 0.3) is 10.0 Å². The number of anilines is 1. The third-order valence-corrected chi connectivity index (χ3v) is 8.55. The molecular formula is C28H31BrClN3O4S. The first-order valence-electron chi connectivity index (χ1n) is 12.2. The zero-order valence-electron chi connectivity index (χ0n) is 21.5. The van der Waals surface area contributed by atoms with E-state index in [4.69, 9.17) is 11.6 Å². The number of carbonyl (C=O) groups is 2. The Hall–Kier alpha value is -2.88. The van der Waals surface area contributed by atoms with Gasteiger partial charge in [-0.3, -0.25) is 13.9 Å². The van der Waals surface area contributed by atoms with Gasteiger partial charge in [-0.05, 0) is 74.4 Å². The summed E-state index contributed by atoms with van der Waals surface area (Å²) in [6.07, 6.45) is 0.748. The number of nitrogens with one attached hydrogen (secondary N) is 1. The number of hydrogen-bond acceptors (Lipinski definition) is 4. The molecular weight excluding hydrogens is 590 g/mol. The summed E-state index contributed by atoms with van der Waals surface area (Å²) >= 11 is 9.46. The molecule has 0 bridgehead atoms. The Morgan fingerprint density at radius 3 is 2.16 bits per heavy atom. The van der Waals surface area contributed by atoms with Crippen molar-refractivity contribution in [1.29, 1.82) is 0 Å². The van der Waals surface area contributed by atoms with Crippen molar-refractivity contribution in [2.24, 2.45) is 0 Å². The van der Waals surface area contributed by atoms with Crippen LogP contribution in [0.25, 0.3) is 0 Å². The minimum Gasteiger partial charge on any atom is -0.354 e. The van der Waals surface area contributed by atoms with Gasteiger partial charge in [0, 0.05) is 22.6 Å². The van der Waals surface area contributed by atoms with E-state index in [1.54, 1.807) is 43.3 Å². The fourth-order valence-electron chi connectivity index (χ4n) is 3.74. The first-order valence-corrected chi connectivity index (χ1v) is 14.8. The predicted molar refractivity (Wildman–Crippen MR) is 155 cm³/mol. The number of benzene rings is 3. The molecule has 0 saturated heterocycles. The van der Waals surface area contributed by atoms with Gasteiger partial charge >= 0.3 is 0 Å². The SMILES string of the molecule is CCCNC(=O)[C@@H](C)N(Cc1ccc(Br)cc1)C(=O)CN(c1ccc(Cl)cc1)S(=O)(=O)c1ccc(C)cc1. The van der Waals surface area contributed by atoms with Gasteiger partial charge in [-0.2, -0.15) is 0 Å². The van der Waals surface area contributed by atoms with Crippen molar-refractivity contribution < 1.29 is 18.0 Å². The summed E-state index contributed by atoms with van der Waals surface area (Å²) in [5, 5.41) is 3.26. The normalized spacial score (nSPS) is 12.0. The minimum absolute atomic E-state index is 0.0547. The Labute approximate surface area is 238 Å². The molecule has 0 radical (unpaired) electrons. The molecule has 0 fully saturated rings. The Morgan fingerprint density at radius 2 is 1.58 bits per heavy atom. The summed E-state index contributed by atoms with van der Waals surface area (Å²) in [6.45, 7) is 5.55. The van der Waals surface area contributed by atoms with Gasteiger partial charge < -0.3 is 10.2 Å². The second-order valence-electron chi connectivity index (χ2n) is 8.92. The number of nitrogens with zero attached hydrogens (tertiary/aromatic N) is 2. The molecule has 2 amide bonds. The van der Waals surface area contributed by atoms with Crippen LogP contribution in [-0.4, -0.2) is 44.3 Å². The third kappa shape index (κ3) is 7.58. The molecule has 7 nitrogen and oxygen atoms in total. The maximum absolute atomic E-state index is 13.8. The van der Waals surface area contributed by atoms with Gasteiger partial charge in [-0.25, -0.2) is 8.42 Å². The number of sulfonamides is 1. The van der Waals surface area contributed by atoms with Gasteiger partial charge in [0.2, 0.25) is 11.8 Å². The van der Waals surface area contributed by atoms with Crippen molar-refractivity contribution in [3.63, 3.8) is 0 Å². The van der Waals surface area contributed by atoms with Gasteiger partial charge in [-0.15, -0.1) is 0 Å². The zero-order chi connectivity index (χ0) is 27.9. The van der Waals surface area contributed by atoms with Crippen molar-refractivity contribution in [2.75, 3.05) is 17.4 Å². The highest BCUT2D eigenvalue weighted by atomic mass is 79.9. The highest BCUT2D eigenvalue weighted by molar-refractivity contribution is 9.10. The molecule has 3 aromatic rings. The standard InChI is InChI=1S/C28H31BrClN3O4S/c1-4-17-31-28(35)21(3)32(18-22-7-9-23(29)10-8-22)27(34)19-33(25-13-11-24(30)12-14-25)38(36,37)26-15-5-20(2)6-16-26/h5-16,21H,4,17-19H2,1-3H3,(H,31,35)/t21-/m1/s1. The van der Waals surface area contributed by atoms with Crippen molar-refractivity contribution in [3.05, 3.63) is 93.4 Å². The molecule has 0 aromatic heterocycles. The van der Waals surface area contributed by atoms with Crippen LogP contribution >= 0.6 is 27.5 Å². The van der Waals surface area contributed by atoms with Crippen molar-refractivity contribution in [2.45, 2.75) is 44.7 Å². The molecule has 10 heteroatoms. The highest BCUT2D eigenvalue weighted by Crippen LogP contribution is 2.26. The second-order valence-corrected chi connectivity index (χ2v) is 12.1. The van der Waals surface area contributed by atoms with Gasteiger partial charge in [0.05, 0.1) is 10.6 Å². The van der Waals surface area contributed by atoms with Crippen molar-refractivity contribution in [1.82, 2.24) is 10.2 Å². The summed E-state index contributed by atoms with van der Waals surface area (Å²) in [5.41, 5.74) is 2.00. The van der Waals surface area contributed by atoms with Gasteiger partial charge in [0.15, 0.2) is 0 Å². The minimum atomic E-state index is -4.11. The van der Waals surface area contributed by atoms with Crippen molar-refractivity contribution in [3.8, 4) is 0 Å². The molecule has 0 aliphatic heterocycles. The summed E-state index contributed by atoms with van der Waals surface area (Å²) in [6, 6.07) is 19.2. The van der Waals surface area contributed by atoms with E-state index in [9.17, 15) is 18.0 Å². The monoisotopic (exact) mass is 619 g/mol. The summed E-state index contributed by atoms with van der Waals surface area (Å²) in [5.74, 6) is -0.825. The molecule has 0 aliphatic rings. The molecule has 0 aliphatic carbocycles. The van der Waals surface area contributed by atoms with Crippen LogP contribution in [0, 0.1) is 6.92 Å². The summed E-state index contributed by atoms with van der Waals surface area (Å²) < 4.78 is 29.5. The van der Waals surface area contributed by atoms with Crippen LogP contribution in [-0.2, 0) is 26.2 Å². The quantitative estimate of drug-likeness (QED) is 0.305. The largest absolute Gasteiger partial charge is 0.354 e. The van der Waals surface area contributed by atoms with Crippen LogP contribution in [0.3, 0.4) is 0 Å². The fourth-order valence-corrected chi connectivity index (χ4v) is 5.54. The van der Waals surface area contributed by atoms with E-state index in [0.717, 1.165) is 26.3 Å². The lowest BCUT2D eigenvalue weighted by molar-refractivity contribution is -0.139. The topological polar surface area (TPSA) is 86.8 Å². The first-order chi connectivity index (χ1) is 18.0. The molecule has 3 rings (SSSR count). The van der Waals surface area contributed by atoms with E-state index in [0.29, 0.717) is 11.6 Å². The number of amides is 2. The van der Waals surface area contributed by atoms with E-state index in [1.807, 2.05) is 38.1 Å². The summed E-state index contributed by atoms with van der Waals surface area (Å²) in [4.78, 5) is 28.2. The average Bonchev–Trinajstić information content (AvgIpc) is 2.90. The van der Waals surface area contributed by atoms with Crippen LogP contribution < -0.4 is 9.62 Å². The molecule has 38 heavy (non-hydrogen) atoms. The number of halogens is 2. The number of aryl methyl sites for hydroxylation is 1. The molecule has 202 valence electrons. The second kappa shape index (κ2) is 13.3. The average molecular weight is 621 g/mol. The molecule has 0 heterocycles. The van der Waals surface area contributed by atoms with Gasteiger partial charge in [0.1, 0.15) is 12.6 Å². The lowest BCUT2D eigenvalue weighted by Gasteiger charge is -2.32. The molecule has 0 spiro atoms. The van der Waals surface area contributed by atoms with Gasteiger partial charge in [-0.1, -0.05) is 64.3 Å². The number of hydrogen-bond donors (Lipinski definition) is 1. The maximum atomic E-state index is 13.8. The van der Waals surface area contributed by atoms with Crippen LogP contribution in [0.1, 0.15) is 31.4 Å². The van der Waals surface area contributed by atoms with E-state index in [2.05, 4.69) is 21.2 Å². The van der Waals surface area contributed by atoms with E-state index in [1.165, 1.54) is 17.0 Å². The Balaban J connectivity index is 2.00. The van der Waals surface area contributed by atoms with E-state index < -0.39 is 28.5 Å². The lowest BCUT2D eigenvalue weighted by atomic mass is 10.1. The van der Waals surface area contributed by atoms with Crippen LogP contribution in [0.5, 0.6) is 0 Å². The Morgan fingerprint density at radius 1 is 0.974 bits per heavy atom. The van der Waals surface area contributed by atoms with E-state index >= 15 is 0 Å². The predicted octanol–water partition coefficient (Wildman–Crippen LogP) is 5.55. The molecule has 0 unspecified atom stereocenters. The van der Waals surface area contributed by atoms with Crippen LogP contribution in [0.15, 0.2) is 82.2 Å². The Kier molecular flexibility index (Phi) is 10.4. The highest BCUT2D eigenvalue weighted by Gasteiger charge is 2.32. The smallest absolute Gasteiger partial charge is 0.264 e. The third-order valence-electron chi connectivity index (χ3n) is 5.99. The fraction of sp³-hybridized carbons (Fsp3) is 0.286. The number of carbonyl (C=O) groups excluding carboxylic acids is 2. The van der Waals surface area contributed by atoms with Crippen LogP contribution in [0.4, 0.5) is 5.69 Å². The molecule has 3 aromatic carbocycles. The maximum Gasteiger partial charge on any atom is 0.264 e. The lowest BCUT2D eigenvalue weighted by Crippen LogP contribution is -2.51. The van der Waals surface area contributed by atoms with Crippen molar-refractivity contribution >= 4 is 55.1 Å². The zero-order valence-corrected chi connectivity index (χ0v) is 24.7. The first kappa shape index (κ1) is 29.7. The summed E-state index contributed by atoms with van der Waals surface area (Å²) in [7, 11) is -4.11. The molecule has 1 atom stereocenters. The number of rotatable bonds is 11. The molecule has 1 N–H and O–H groups in total. The van der Waals surface area contributed by atoms with E-state index in [-0.39, 0.29) is 23.0 Å². The molecule has 0 saturated carbocycles.